The SMILES string of the molecule is CC1CCN(CCC(NC2CC2)C(=O)O)CC1. The van der Waals surface area contributed by atoms with Crippen molar-refractivity contribution in [3.8, 4) is 0 Å². The van der Waals surface area contributed by atoms with Crippen LogP contribution in [0.5, 0.6) is 0 Å². The maximum absolute atomic E-state index is 11.1. The third-order valence-corrected chi connectivity index (χ3v) is 3.92. The lowest BCUT2D eigenvalue weighted by Gasteiger charge is -2.30. The van der Waals surface area contributed by atoms with Crippen molar-refractivity contribution in [1.29, 1.82) is 0 Å². The maximum Gasteiger partial charge on any atom is 0.320 e. The normalized spacial score (nSPS) is 24.8. The van der Waals surface area contributed by atoms with Crippen LogP contribution in [0.3, 0.4) is 0 Å². The molecule has 98 valence electrons. The lowest BCUT2D eigenvalue weighted by molar-refractivity contribution is -0.139. The first-order chi connectivity index (χ1) is 8.15. The molecule has 1 atom stereocenters. The number of piperidine rings is 1. The van der Waals surface area contributed by atoms with Gasteiger partial charge in [0.05, 0.1) is 0 Å². The van der Waals surface area contributed by atoms with Crippen molar-refractivity contribution in [2.24, 2.45) is 5.92 Å². The highest BCUT2D eigenvalue weighted by molar-refractivity contribution is 5.73. The quantitative estimate of drug-likeness (QED) is 0.735. The predicted molar refractivity (Wildman–Crippen MR) is 67.0 cm³/mol. The second kappa shape index (κ2) is 5.83. The molecule has 17 heavy (non-hydrogen) atoms. The number of likely N-dealkylation sites (tertiary alicyclic amines) is 1. The Morgan fingerprint density at radius 2 is 2.00 bits per heavy atom. The van der Waals surface area contributed by atoms with Crippen LogP contribution in [0, 0.1) is 5.92 Å². The van der Waals surface area contributed by atoms with Crippen molar-refractivity contribution in [2.75, 3.05) is 19.6 Å². The van der Waals surface area contributed by atoms with Gasteiger partial charge < -0.3 is 15.3 Å². The van der Waals surface area contributed by atoms with E-state index >= 15 is 0 Å². The van der Waals surface area contributed by atoms with Gasteiger partial charge >= 0.3 is 5.97 Å². The zero-order valence-corrected chi connectivity index (χ0v) is 10.7. The largest absolute Gasteiger partial charge is 0.480 e. The van der Waals surface area contributed by atoms with Gasteiger partial charge in [0.1, 0.15) is 6.04 Å². The Bertz CT molecular complexity index is 258. The standard InChI is InChI=1S/C13H24N2O2/c1-10-4-7-15(8-5-10)9-6-12(13(16)17)14-11-2-3-11/h10-12,14H,2-9H2,1H3,(H,16,17). The van der Waals surface area contributed by atoms with E-state index in [4.69, 9.17) is 5.11 Å². The number of nitrogens with zero attached hydrogens (tertiary/aromatic N) is 1. The summed E-state index contributed by atoms with van der Waals surface area (Å²) in [5.74, 6) is 0.147. The number of carboxylic acid groups (broad SMARTS) is 1. The van der Waals surface area contributed by atoms with Gasteiger partial charge in [-0.2, -0.15) is 0 Å². The van der Waals surface area contributed by atoms with E-state index in [1.54, 1.807) is 0 Å². The molecule has 1 heterocycles. The van der Waals surface area contributed by atoms with Gasteiger partial charge in [-0.1, -0.05) is 6.92 Å². The first-order valence-corrected chi connectivity index (χ1v) is 6.86. The number of carboxylic acids is 1. The summed E-state index contributed by atoms with van der Waals surface area (Å²) >= 11 is 0. The molecule has 0 aromatic heterocycles. The minimum atomic E-state index is -0.692. The second-order valence-electron chi connectivity index (χ2n) is 5.64. The van der Waals surface area contributed by atoms with Gasteiger partial charge in [0, 0.05) is 12.6 Å². The van der Waals surface area contributed by atoms with Crippen LogP contribution in [0.1, 0.15) is 39.0 Å². The number of hydrogen-bond acceptors (Lipinski definition) is 3. The Morgan fingerprint density at radius 1 is 1.35 bits per heavy atom. The zero-order chi connectivity index (χ0) is 12.3. The first-order valence-electron chi connectivity index (χ1n) is 6.86. The molecule has 0 aromatic carbocycles. The highest BCUT2D eigenvalue weighted by atomic mass is 16.4. The second-order valence-corrected chi connectivity index (χ2v) is 5.64. The topological polar surface area (TPSA) is 52.6 Å². The van der Waals surface area contributed by atoms with Crippen LogP contribution in [0.4, 0.5) is 0 Å². The molecule has 4 nitrogen and oxygen atoms in total. The summed E-state index contributed by atoms with van der Waals surface area (Å²) in [5, 5.41) is 12.4. The first kappa shape index (κ1) is 12.8. The Labute approximate surface area is 103 Å². The molecule has 1 saturated carbocycles. The van der Waals surface area contributed by atoms with E-state index in [1.807, 2.05) is 0 Å². The van der Waals surface area contributed by atoms with E-state index < -0.39 is 5.97 Å². The van der Waals surface area contributed by atoms with Crippen molar-refractivity contribution in [2.45, 2.75) is 51.1 Å². The average Bonchev–Trinajstić information content (AvgIpc) is 3.10. The van der Waals surface area contributed by atoms with Crippen molar-refractivity contribution >= 4 is 5.97 Å². The highest BCUT2D eigenvalue weighted by Crippen LogP contribution is 2.20. The van der Waals surface area contributed by atoms with Crippen molar-refractivity contribution in [1.82, 2.24) is 10.2 Å². The molecule has 4 heteroatoms. The van der Waals surface area contributed by atoms with E-state index in [0.717, 1.165) is 44.8 Å². The van der Waals surface area contributed by atoms with Crippen molar-refractivity contribution in [3.05, 3.63) is 0 Å². The molecule has 1 aliphatic heterocycles. The molecule has 0 spiro atoms. The summed E-state index contributed by atoms with van der Waals surface area (Å²) in [4.78, 5) is 13.5. The molecule has 1 saturated heterocycles. The number of carbonyl (C=O) groups is 1. The molecule has 0 aromatic rings. The minimum absolute atomic E-state index is 0.346. The number of hydrogen-bond donors (Lipinski definition) is 2. The van der Waals surface area contributed by atoms with E-state index in [9.17, 15) is 4.79 Å². The van der Waals surface area contributed by atoms with Gasteiger partial charge in [-0.3, -0.25) is 4.79 Å². The Hall–Kier alpha value is -0.610. The summed E-state index contributed by atoms with van der Waals surface area (Å²) in [6.45, 7) is 5.49. The molecular weight excluding hydrogens is 216 g/mol. The van der Waals surface area contributed by atoms with E-state index in [-0.39, 0.29) is 6.04 Å². The van der Waals surface area contributed by atoms with Gasteiger partial charge in [-0.15, -0.1) is 0 Å². The maximum atomic E-state index is 11.1. The summed E-state index contributed by atoms with van der Waals surface area (Å²) in [5.41, 5.74) is 0. The summed E-state index contributed by atoms with van der Waals surface area (Å²) in [7, 11) is 0. The van der Waals surface area contributed by atoms with Crippen LogP contribution in [0.2, 0.25) is 0 Å². The average molecular weight is 240 g/mol. The van der Waals surface area contributed by atoms with Gasteiger partial charge in [0.2, 0.25) is 0 Å². The van der Waals surface area contributed by atoms with Gasteiger partial charge in [0.15, 0.2) is 0 Å². The Morgan fingerprint density at radius 3 is 2.53 bits per heavy atom. The molecule has 1 unspecified atom stereocenters. The molecule has 2 aliphatic rings. The summed E-state index contributed by atoms with van der Waals surface area (Å²) in [6, 6.07) is 0.124. The van der Waals surface area contributed by atoms with Gasteiger partial charge in [0.25, 0.3) is 0 Å². The molecule has 2 rings (SSSR count). The van der Waals surface area contributed by atoms with Crippen LogP contribution in [0.25, 0.3) is 0 Å². The number of rotatable bonds is 6. The lowest BCUT2D eigenvalue weighted by atomic mass is 9.99. The smallest absolute Gasteiger partial charge is 0.320 e. The summed E-state index contributed by atoms with van der Waals surface area (Å²) in [6.07, 6.45) is 5.54. The molecule has 2 N–H and O–H groups in total. The zero-order valence-electron chi connectivity index (χ0n) is 10.7. The highest BCUT2D eigenvalue weighted by Gasteiger charge is 2.28. The fraction of sp³-hybridized carbons (Fsp3) is 0.923. The molecule has 0 radical (unpaired) electrons. The fourth-order valence-corrected chi connectivity index (χ4v) is 2.41. The molecule has 0 amide bonds. The van der Waals surface area contributed by atoms with Crippen LogP contribution >= 0.6 is 0 Å². The van der Waals surface area contributed by atoms with E-state index in [2.05, 4.69) is 17.1 Å². The third-order valence-electron chi connectivity index (χ3n) is 3.92. The van der Waals surface area contributed by atoms with Crippen LogP contribution < -0.4 is 5.32 Å². The third kappa shape index (κ3) is 4.28. The lowest BCUT2D eigenvalue weighted by Crippen LogP contribution is -2.42. The number of aliphatic carboxylic acids is 1. The van der Waals surface area contributed by atoms with Crippen LogP contribution in [0.15, 0.2) is 0 Å². The molecular formula is C13H24N2O2. The predicted octanol–water partition coefficient (Wildman–Crippen LogP) is 1.31. The van der Waals surface area contributed by atoms with Crippen LogP contribution in [-0.2, 0) is 4.79 Å². The van der Waals surface area contributed by atoms with Crippen molar-refractivity contribution in [3.63, 3.8) is 0 Å². The molecule has 0 bridgehead atoms. The fourth-order valence-electron chi connectivity index (χ4n) is 2.41. The molecule has 2 fully saturated rings. The van der Waals surface area contributed by atoms with Gasteiger partial charge in [-0.05, 0) is 51.1 Å². The van der Waals surface area contributed by atoms with Gasteiger partial charge in [-0.25, -0.2) is 0 Å². The van der Waals surface area contributed by atoms with Crippen molar-refractivity contribution < 1.29 is 9.90 Å². The Kier molecular flexibility index (Phi) is 4.40. The molecule has 1 aliphatic carbocycles. The number of nitrogens with one attached hydrogen (secondary N) is 1. The summed E-state index contributed by atoms with van der Waals surface area (Å²) < 4.78 is 0. The Balaban J connectivity index is 1.68. The minimum Gasteiger partial charge on any atom is -0.480 e. The van der Waals surface area contributed by atoms with Crippen LogP contribution in [-0.4, -0.2) is 47.7 Å². The monoisotopic (exact) mass is 240 g/mol. The van der Waals surface area contributed by atoms with E-state index in [0.29, 0.717) is 6.04 Å². The van der Waals surface area contributed by atoms with E-state index in [1.165, 1.54) is 12.8 Å².